The number of methoxy groups -OCH3 is 1. The molecule has 3 N–H and O–H groups in total. The number of carbonyl (C=O) groups is 1. The van der Waals surface area contributed by atoms with Crippen molar-refractivity contribution in [3.05, 3.63) is 73.3 Å². The fourth-order valence-electron chi connectivity index (χ4n) is 3.67. The summed E-state index contributed by atoms with van der Waals surface area (Å²) in [6.07, 6.45) is 5.33. The molecule has 2 heterocycles. The number of hydrogen-bond acceptors (Lipinski definition) is 6. The molecule has 0 atom stereocenters. The quantitative estimate of drug-likeness (QED) is 0.317. The normalized spacial score (nSPS) is 10.8. The van der Waals surface area contributed by atoms with Crippen molar-refractivity contribution in [3.8, 4) is 17.0 Å². The van der Waals surface area contributed by atoms with Crippen LogP contribution in [0.5, 0.6) is 5.75 Å². The number of anilines is 3. The number of rotatable bonds is 9. The van der Waals surface area contributed by atoms with Gasteiger partial charge in [0.2, 0.25) is 11.9 Å². The number of benzene rings is 2. The number of aliphatic hydroxyl groups is 1. The smallest absolute Gasteiger partial charge is 0.247 e. The van der Waals surface area contributed by atoms with Gasteiger partial charge in [0.15, 0.2) is 5.82 Å². The topological polar surface area (TPSA) is 101 Å². The van der Waals surface area contributed by atoms with Crippen LogP contribution in [0, 0.1) is 5.82 Å². The maximum atomic E-state index is 14.4. The van der Waals surface area contributed by atoms with Crippen molar-refractivity contribution in [3.63, 3.8) is 0 Å². The van der Waals surface area contributed by atoms with Gasteiger partial charge in [0, 0.05) is 48.1 Å². The van der Waals surface area contributed by atoms with Crippen LogP contribution in [-0.4, -0.2) is 39.3 Å². The maximum absolute atomic E-state index is 14.4. The summed E-state index contributed by atoms with van der Waals surface area (Å²) in [5.41, 5.74) is 3.01. The summed E-state index contributed by atoms with van der Waals surface area (Å²) in [6, 6.07) is 12.4. The van der Waals surface area contributed by atoms with Gasteiger partial charge in [-0.2, -0.15) is 0 Å². The summed E-state index contributed by atoms with van der Waals surface area (Å²) in [6.45, 7) is 4.17. The lowest BCUT2D eigenvalue weighted by atomic mass is 10.1. The summed E-state index contributed by atoms with van der Waals surface area (Å²) in [5.74, 6) is -0.687. The van der Waals surface area contributed by atoms with Crippen molar-refractivity contribution in [1.82, 2.24) is 14.5 Å². The number of para-hydroxylation sites is 1. The van der Waals surface area contributed by atoms with Crippen LogP contribution in [0.4, 0.5) is 21.7 Å². The van der Waals surface area contributed by atoms with E-state index in [1.165, 1.54) is 19.2 Å². The highest BCUT2D eigenvalue weighted by Crippen LogP contribution is 2.34. The van der Waals surface area contributed by atoms with E-state index in [1.54, 1.807) is 12.3 Å². The molecule has 2 aromatic heterocycles. The Hall–Kier alpha value is -4.24. The third-order valence-corrected chi connectivity index (χ3v) is 5.26. The molecule has 0 unspecified atom stereocenters. The van der Waals surface area contributed by atoms with Gasteiger partial charge in [-0.3, -0.25) is 4.79 Å². The van der Waals surface area contributed by atoms with Gasteiger partial charge < -0.3 is 25.0 Å². The van der Waals surface area contributed by atoms with Crippen LogP contribution in [0.25, 0.3) is 22.2 Å². The van der Waals surface area contributed by atoms with Gasteiger partial charge in [0.25, 0.3) is 0 Å². The molecular formula is C25H24FN5O3. The van der Waals surface area contributed by atoms with E-state index in [4.69, 9.17) is 4.74 Å². The van der Waals surface area contributed by atoms with Gasteiger partial charge >= 0.3 is 0 Å². The Morgan fingerprint density at radius 3 is 2.85 bits per heavy atom. The Morgan fingerprint density at radius 1 is 1.26 bits per heavy atom. The Kier molecular flexibility index (Phi) is 6.84. The molecule has 0 bridgehead atoms. The fourth-order valence-corrected chi connectivity index (χ4v) is 3.67. The second kappa shape index (κ2) is 10.1. The van der Waals surface area contributed by atoms with Crippen molar-refractivity contribution in [1.29, 1.82) is 0 Å². The van der Waals surface area contributed by atoms with Crippen LogP contribution in [0.2, 0.25) is 0 Å². The fraction of sp³-hybridized carbons (Fsp3) is 0.160. The summed E-state index contributed by atoms with van der Waals surface area (Å²) in [4.78, 5) is 20.6. The molecule has 1 amide bonds. The second-order valence-electron chi connectivity index (χ2n) is 7.45. The molecule has 0 aliphatic carbocycles. The Morgan fingerprint density at radius 2 is 2.09 bits per heavy atom. The number of hydrogen-bond donors (Lipinski definition) is 3. The first-order valence-electron chi connectivity index (χ1n) is 10.6. The van der Waals surface area contributed by atoms with E-state index in [2.05, 4.69) is 31.7 Å². The van der Waals surface area contributed by atoms with Crippen LogP contribution in [0.1, 0.15) is 6.42 Å². The molecule has 0 radical (unpaired) electrons. The highest BCUT2D eigenvalue weighted by molar-refractivity contribution is 5.99. The SMILES string of the molecule is C=CC(=O)Nc1cc(Nc2nccc(-c3cn(CCCO)c4ccccc34)n2)c(OC)cc1F. The largest absolute Gasteiger partial charge is 0.494 e. The number of amides is 1. The van der Waals surface area contributed by atoms with E-state index in [9.17, 15) is 14.3 Å². The third-order valence-electron chi connectivity index (χ3n) is 5.26. The van der Waals surface area contributed by atoms with Crippen LogP contribution >= 0.6 is 0 Å². The van der Waals surface area contributed by atoms with E-state index < -0.39 is 11.7 Å². The number of ether oxygens (including phenoxy) is 1. The molecule has 0 spiro atoms. The molecule has 0 aliphatic heterocycles. The molecule has 4 rings (SSSR count). The van der Waals surface area contributed by atoms with Gasteiger partial charge in [0.05, 0.1) is 24.2 Å². The summed E-state index contributed by atoms with van der Waals surface area (Å²) < 4.78 is 21.7. The monoisotopic (exact) mass is 461 g/mol. The van der Waals surface area contributed by atoms with Gasteiger partial charge in [-0.25, -0.2) is 14.4 Å². The number of nitrogens with zero attached hydrogens (tertiary/aromatic N) is 3. The van der Waals surface area contributed by atoms with E-state index in [0.717, 1.165) is 22.5 Å². The zero-order valence-corrected chi connectivity index (χ0v) is 18.6. The van der Waals surface area contributed by atoms with Crippen molar-refractivity contribution in [2.75, 3.05) is 24.4 Å². The lowest BCUT2D eigenvalue weighted by molar-refractivity contribution is -0.111. The highest BCUT2D eigenvalue weighted by atomic mass is 19.1. The highest BCUT2D eigenvalue weighted by Gasteiger charge is 2.15. The molecular weight excluding hydrogens is 437 g/mol. The lowest BCUT2D eigenvalue weighted by Gasteiger charge is -2.13. The standard InChI is InChI=1S/C25H24FN5O3/c1-3-24(33)28-20-14-21(23(34-2)13-18(20)26)30-25-27-10-9-19(29-25)17-15-31(11-6-12-32)22-8-5-4-7-16(17)22/h3-5,7-10,13-15,32H,1,6,11-12H2,2H3,(H,28,33)(H,27,29,30). The first kappa shape index (κ1) is 22.9. The number of fused-ring (bicyclic) bond motifs is 1. The second-order valence-corrected chi connectivity index (χ2v) is 7.45. The van der Waals surface area contributed by atoms with Crippen molar-refractivity contribution < 1.29 is 19.0 Å². The number of carbonyl (C=O) groups excluding carboxylic acids is 1. The van der Waals surface area contributed by atoms with Crippen molar-refractivity contribution in [2.24, 2.45) is 0 Å². The van der Waals surface area contributed by atoms with Crippen LogP contribution < -0.4 is 15.4 Å². The number of nitrogens with one attached hydrogen (secondary N) is 2. The zero-order chi connectivity index (χ0) is 24.1. The van der Waals surface area contributed by atoms with Crippen molar-refractivity contribution in [2.45, 2.75) is 13.0 Å². The van der Waals surface area contributed by atoms with E-state index in [0.29, 0.717) is 24.3 Å². The molecule has 0 saturated heterocycles. The minimum absolute atomic E-state index is 0.0312. The van der Waals surface area contributed by atoms with Crippen LogP contribution in [-0.2, 0) is 11.3 Å². The number of halogens is 1. The average Bonchev–Trinajstić information content (AvgIpc) is 3.23. The number of aryl methyl sites for hydroxylation is 1. The summed E-state index contributed by atoms with van der Waals surface area (Å²) in [5, 5.41) is 15.7. The minimum Gasteiger partial charge on any atom is -0.494 e. The zero-order valence-electron chi connectivity index (χ0n) is 18.6. The predicted molar refractivity (Wildman–Crippen MR) is 130 cm³/mol. The molecule has 8 nitrogen and oxygen atoms in total. The molecule has 34 heavy (non-hydrogen) atoms. The van der Waals surface area contributed by atoms with Crippen LogP contribution in [0.3, 0.4) is 0 Å². The Labute approximate surface area is 195 Å². The van der Waals surface area contributed by atoms with Gasteiger partial charge in [-0.05, 0) is 30.7 Å². The number of aliphatic hydroxyl groups excluding tert-OH is 1. The Bertz CT molecular complexity index is 1350. The third kappa shape index (κ3) is 4.74. The predicted octanol–water partition coefficient (Wildman–Crippen LogP) is 4.50. The Balaban J connectivity index is 1.70. The van der Waals surface area contributed by atoms with E-state index in [1.807, 2.05) is 30.5 Å². The molecule has 2 aromatic carbocycles. The molecule has 0 aliphatic rings. The molecule has 0 fully saturated rings. The van der Waals surface area contributed by atoms with Gasteiger partial charge in [0.1, 0.15) is 5.75 Å². The number of aromatic nitrogens is 3. The first-order valence-corrected chi connectivity index (χ1v) is 10.6. The maximum Gasteiger partial charge on any atom is 0.247 e. The summed E-state index contributed by atoms with van der Waals surface area (Å²) >= 11 is 0. The van der Waals surface area contributed by atoms with E-state index in [-0.39, 0.29) is 24.0 Å². The lowest BCUT2D eigenvalue weighted by Crippen LogP contribution is -2.10. The molecule has 174 valence electrons. The average molecular weight is 461 g/mol. The first-order chi connectivity index (χ1) is 16.5. The van der Waals surface area contributed by atoms with Crippen molar-refractivity contribution >= 4 is 34.1 Å². The summed E-state index contributed by atoms with van der Waals surface area (Å²) in [7, 11) is 1.42. The minimum atomic E-state index is -0.650. The molecule has 4 aromatic rings. The molecule has 9 heteroatoms. The van der Waals surface area contributed by atoms with Gasteiger partial charge in [-0.1, -0.05) is 24.8 Å². The molecule has 0 saturated carbocycles. The van der Waals surface area contributed by atoms with Gasteiger partial charge in [-0.15, -0.1) is 0 Å². The van der Waals surface area contributed by atoms with Crippen LogP contribution in [0.15, 0.2) is 67.5 Å². The van der Waals surface area contributed by atoms with E-state index >= 15 is 0 Å².